The Morgan fingerprint density at radius 3 is 2.47 bits per heavy atom. The van der Waals surface area contributed by atoms with Crippen molar-refractivity contribution >= 4 is 18.2 Å². The Kier molecular flexibility index (Phi) is 5.59. The number of aromatic amines is 1. The molecule has 1 atom stereocenters. The van der Waals surface area contributed by atoms with Crippen molar-refractivity contribution in [3.8, 4) is 11.4 Å². The molecule has 4 heterocycles. The summed E-state index contributed by atoms with van der Waals surface area (Å²) in [4.78, 5) is 25.0. The molecule has 1 unspecified atom stereocenters. The molecule has 1 aromatic carbocycles. The first-order chi connectivity index (χ1) is 16.4. The fourth-order valence-electron chi connectivity index (χ4n) is 4.06. The standard InChI is InChI=1S/C21H20F3N9O/c1-12-18(29-30-28-12)19-16(24)11-25-20(27-19)31-4-6-32(7-5-31)21(34)33-17(2-3-26-33)13-8-14(22)10-15(23)9-13/h3,8-11,17H,2,4-7H2,1H3,(H,28,29,30). The summed E-state index contributed by atoms with van der Waals surface area (Å²) >= 11 is 0. The van der Waals surface area contributed by atoms with Crippen LogP contribution in [0.25, 0.3) is 11.4 Å². The molecule has 2 aromatic heterocycles. The molecule has 1 fully saturated rings. The molecule has 2 aliphatic heterocycles. The lowest BCUT2D eigenvalue weighted by atomic mass is 10.0. The van der Waals surface area contributed by atoms with Gasteiger partial charge in [0.05, 0.1) is 17.9 Å². The third-order valence-corrected chi connectivity index (χ3v) is 5.81. The summed E-state index contributed by atoms with van der Waals surface area (Å²) in [5, 5.41) is 15.6. The quantitative estimate of drug-likeness (QED) is 0.630. The van der Waals surface area contributed by atoms with E-state index in [0.717, 1.165) is 12.3 Å². The summed E-state index contributed by atoms with van der Waals surface area (Å²) in [6.07, 6.45) is 3.01. The van der Waals surface area contributed by atoms with Crippen LogP contribution < -0.4 is 4.90 Å². The number of hydrogen-bond donors (Lipinski definition) is 1. The first-order valence-corrected chi connectivity index (χ1v) is 10.6. The highest BCUT2D eigenvalue weighted by Crippen LogP contribution is 2.30. The van der Waals surface area contributed by atoms with Crippen molar-refractivity contribution in [1.82, 2.24) is 35.3 Å². The molecule has 0 saturated carbocycles. The monoisotopic (exact) mass is 471 g/mol. The number of rotatable bonds is 3. The van der Waals surface area contributed by atoms with Gasteiger partial charge in [-0.1, -0.05) is 5.21 Å². The maximum absolute atomic E-state index is 14.3. The number of aromatic nitrogens is 5. The first-order valence-electron chi connectivity index (χ1n) is 10.6. The van der Waals surface area contributed by atoms with Crippen LogP contribution in [0.1, 0.15) is 23.7 Å². The normalized spacial score (nSPS) is 18.1. The number of anilines is 1. The number of H-pyrrole nitrogens is 1. The lowest BCUT2D eigenvalue weighted by Crippen LogP contribution is -2.52. The summed E-state index contributed by atoms with van der Waals surface area (Å²) in [6.45, 7) is 3.21. The predicted octanol–water partition coefficient (Wildman–Crippen LogP) is 2.66. The summed E-state index contributed by atoms with van der Waals surface area (Å²) < 4.78 is 41.7. The zero-order valence-electron chi connectivity index (χ0n) is 18.1. The number of urea groups is 1. The average Bonchev–Trinajstić information content (AvgIpc) is 3.48. The van der Waals surface area contributed by atoms with Crippen molar-refractivity contribution in [2.75, 3.05) is 31.1 Å². The Labute approximate surface area is 192 Å². The van der Waals surface area contributed by atoms with Crippen molar-refractivity contribution < 1.29 is 18.0 Å². The molecule has 10 nitrogen and oxygen atoms in total. The largest absolute Gasteiger partial charge is 0.341 e. The van der Waals surface area contributed by atoms with Crippen molar-refractivity contribution in [1.29, 1.82) is 0 Å². The number of nitrogens with one attached hydrogen (secondary N) is 1. The summed E-state index contributed by atoms with van der Waals surface area (Å²) in [6, 6.07) is 2.27. The van der Waals surface area contributed by atoms with E-state index in [2.05, 4.69) is 30.5 Å². The number of carbonyl (C=O) groups excluding carboxylic acids is 1. The minimum absolute atomic E-state index is 0.0475. The molecule has 2 aliphatic rings. The number of benzene rings is 1. The number of halogens is 3. The van der Waals surface area contributed by atoms with Gasteiger partial charge in [0.25, 0.3) is 0 Å². The van der Waals surface area contributed by atoms with Crippen LogP contribution in [0.5, 0.6) is 0 Å². The second-order valence-corrected chi connectivity index (χ2v) is 8.01. The van der Waals surface area contributed by atoms with E-state index in [0.29, 0.717) is 55.5 Å². The Balaban J connectivity index is 1.28. The van der Waals surface area contributed by atoms with Gasteiger partial charge in [0, 0.05) is 44.9 Å². The Hall–Kier alpha value is -4.03. The van der Waals surface area contributed by atoms with Crippen molar-refractivity contribution in [3.63, 3.8) is 0 Å². The van der Waals surface area contributed by atoms with E-state index in [-0.39, 0.29) is 11.7 Å². The zero-order chi connectivity index (χ0) is 23.8. The van der Waals surface area contributed by atoms with Gasteiger partial charge in [-0.25, -0.2) is 32.9 Å². The molecule has 1 saturated heterocycles. The minimum Gasteiger partial charge on any atom is -0.337 e. The molecule has 5 rings (SSSR count). The van der Waals surface area contributed by atoms with E-state index < -0.39 is 23.5 Å². The lowest BCUT2D eigenvalue weighted by Gasteiger charge is -2.37. The van der Waals surface area contributed by atoms with Gasteiger partial charge in [-0.3, -0.25) is 5.10 Å². The summed E-state index contributed by atoms with van der Waals surface area (Å²) in [5.74, 6) is -1.70. The van der Waals surface area contributed by atoms with Gasteiger partial charge in [0.15, 0.2) is 5.82 Å². The van der Waals surface area contributed by atoms with Gasteiger partial charge in [-0.2, -0.15) is 5.10 Å². The predicted molar refractivity (Wildman–Crippen MR) is 115 cm³/mol. The molecule has 0 aliphatic carbocycles. The van der Waals surface area contributed by atoms with Gasteiger partial charge in [-0.15, -0.1) is 5.10 Å². The van der Waals surface area contributed by atoms with Crippen LogP contribution in [0.4, 0.5) is 23.9 Å². The molecule has 176 valence electrons. The number of hydrogen-bond acceptors (Lipinski definition) is 7. The van der Waals surface area contributed by atoms with Crippen LogP contribution in [-0.4, -0.2) is 73.7 Å². The van der Waals surface area contributed by atoms with Gasteiger partial charge < -0.3 is 9.80 Å². The second-order valence-electron chi connectivity index (χ2n) is 8.01. The van der Waals surface area contributed by atoms with E-state index >= 15 is 0 Å². The highest BCUT2D eigenvalue weighted by molar-refractivity contribution is 5.78. The molecule has 2 amide bonds. The topological polar surface area (TPSA) is 106 Å². The van der Waals surface area contributed by atoms with Gasteiger partial charge in [0.2, 0.25) is 5.95 Å². The van der Waals surface area contributed by atoms with Gasteiger partial charge in [-0.05, 0) is 24.6 Å². The molecule has 34 heavy (non-hydrogen) atoms. The highest BCUT2D eigenvalue weighted by Gasteiger charge is 2.34. The fraction of sp³-hybridized carbons (Fsp3) is 0.333. The van der Waals surface area contributed by atoms with Crippen molar-refractivity contribution in [3.05, 3.63) is 53.1 Å². The van der Waals surface area contributed by atoms with E-state index in [9.17, 15) is 18.0 Å². The maximum Gasteiger partial charge on any atom is 0.341 e. The van der Waals surface area contributed by atoms with Crippen LogP contribution in [0, 0.1) is 24.4 Å². The maximum atomic E-state index is 14.3. The zero-order valence-corrected chi connectivity index (χ0v) is 18.1. The van der Waals surface area contributed by atoms with E-state index in [4.69, 9.17) is 0 Å². The van der Waals surface area contributed by atoms with Crippen LogP contribution in [0.15, 0.2) is 29.5 Å². The Morgan fingerprint density at radius 2 is 1.79 bits per heavy atom. The molecule has 3 aromatic rings. The number of piperazine rings is 1. The third-order valence-electron chi connectivity index (χ3n) is 5.81. The van der Waals surface area contributed by atoms with Crippen LogP contribution >= 0.6 is 0 Å². The second kappa shape index (κ2) is 8.72. The minimum atomic E-state index is -0.706. The lowest BCUT2D eigenvalue weighted by molar-refractivity contribution is 0.139. The molecule has 0 bridgehead atoms. The molecular formula is C21H20F3N9O. The van der Waals surface area contributed by atoms with Crippen molar-refractivity contribution in [2.45, 2.75) is 19.4 Å². The number of aryl methyl sites for hydroxylation is 1. The molecule has 0 radical (unpaired) electrons. The number of hydrazone groups is 1. The third kappa shape index (κ3) is 4.04. The Bertz CT molecular complexity index is 1240. The number of amides is 2. The number of carbonyl (C=O) groups is 1. The molecule has 1 N–H and O–H groups in total. The van der Waals surface area contributed by atoms with Crippen LogP contribution in [0.2, 0.25) is 0 Å². The Morgan fingerprint density at radius 1 is 1.06 bits per heavy atom. The molecule has 0 spiro atoms. The SMILES string of the molecule is Cc1[nH]nnc1-c1nc(N2CCN(C(=O)N3N=CCC3c3cc(F)cc(F)c3)CC2)ncc1F. The van der Waals surface area contributed by atoms with Gasteiger partial charge in [0.1, 0.15) is 23.0 Å². The van der Waals surface area contributed by atoms with Crippen LogP contribution in [0.3, 0.4) is 0 Å². The van der Waals surface area contributed by atoms with E-state index in [1.54, 1.807) is 18.0 Å². The van der Waals surface area contributed by atoms with E-state index in [1.807, 2.05) is 4.90 Å². The number of nitrogens with zero attached hydrogens (tertiary/aromatic N) is 8. The molecule has 13 heteroatoms. The molecular weight excluding hydrogens is 451 g/mol. The van der Waals surface area contributed by atoms with Crippen molar-refractivity contribution in [2.24, 2.45) is 5.10 Å². The average molecular weight is 471 g/mol. The van der Waals surface area contributed by atoms with E-state index in [1.165, 1.54) is 17.1 Å². The van der Waals surface area contributed by atoms with Crippen LogP contribution in [-0.2, 0) is 0 Å². The first kappa shape index (κ1) is 21.8. The smallest absolute Gasteiger partial charge is 0.337 e. The van der Waals surface area contributed by atoms with Gasteiger partial charge >= 0.3 is 6.03 Å². The fourth-order valence-corrected chi connectivity index (χ4v) is 4.06. The highest BCUT2D eigenvalue weighted by atomic mass is 19.1. The summed E-state index contributed by atoms with van der Waals surface area (Å²) in [7, 11) is 0. The summed E-state index contributed by atoms with van der Waals surface area (Å²) in [5.41, 5.74) is 1.28.